The molecule has 0 aliphatic rings. The lowest BCUT2D eigenvalue weighted by Gasteiger charge is -2.21. The summed E-state index contributed by atoms with van der Waals surface area (Å²) in [5, 5.41) is 11.9. The molecule has 0 aliphatic carbocycles. The molecular weight excluding hydrogens is 322 g/mol. The molecule has 1 amide bonds. The summed E-state index contributed by atoms with van der Waals surface area (Å²) in [6.07, 6.45) is -0.881. The zero-order chi connectivity index (χ0) is 17.6. The summed E-state index contributed by atoms with van der Waals surface area (Å²) in [5.74, 6) is -1.45. The third kappa shape index (κ3) is 7.15. The third-order valence-electron chi connectivity index (χ3n) is 2.82. The van der Waals surface area contributed by atoms with Crippen LogP contribution in [0, 0.1) is 0 Å². The van der Waals surface area contributed by atoms with Crippen molar-refractivity contribution >= 4 is 29.4 Å². The first-order valence-electron chi connectivity index (χ1n) is 7.09. The number of carbonyl (C=O) groups is 3. The standard InChI is InChI=1S/C16H20ClNO5/c1-16(2,3)23-15(22)18-12(14(20)21)8-9-13(19)10-4-6-11(17)7-5-10/h4-7,12H,8-9H2,1-3H3,(H,18,22)(H,20,21)/t12-/m1/s1. The number of carboxylic acid groups (broad SMARTS) is 1. The molecule has 1 rings (SSSR count). The van der Waals surface area contributed by atoms with Crippen molar-refractivity contribution in [3.8, 4) is 0 Å². The van der Waals surface area contributed by atoms with Crippen molar-refractivity contribution in [3.05, 3.63) is 34.9 Å². The molecule has 126 valence electrons. The van der Waals surface area contributed by atoms with Gasteiger partial charge in [-0.15, -0.1) is 0 Å². The van der Waals surface area contributed by atoms with E-state index in [0.29, 0.717) is 10.6 Å². The van der Waals surface area contributed by atoms with Crippen LogP contribution in [-0.4, -0.2) is 34.6 Å². The Labute approximate surface area is 139 Å². The maximum Gasteiger partial charge on any atom is 0.408 e. The van der Waals surface area contributed by atoms with Crippen LogP contribution in [0.25, 0.3) is 0 Å². The first-order chi connectivity index (χ1) is 10.6. The van der Waals surface area contributed by atoms with Crippen LogP contribution in [0.15, 0.2) is 24.3 Å². The Morgan fingerprint density at radius 3 is 2.26 bits per heavy atom. The Hall–Kier alpha value is -2.08. The summed E-state index contributed by atoms with van der Waals surface area (Å²) in [6, 6.07) is 5.12. The molecule has 23 heavy (non-hydrogen) atoms. The van der Waals surface area contributed by atoms with Gasteiger partial charge in [0, 0.05) is 17.0 Å². The van der Waals surface area contributed by atoms with Gasteiger partial charge < -0.3 is 15.2 Å². The van der Waals surface area contributed by atoms with Crippen molar-refractivity contribution in [2.24, 2.45) is 0 Å². The van der Waals surface area contributed by atoms with Crippen molar-refractivity contribution in [3.63, 3.8) is 0 Å². The van der Waals surface area contributed by atoms with Gasteiger partial charge in [-0.05, 0) is 51.5 Å². The highest BCUT2D eigenvalue weighted by molar-refractivity contribution is 6.30. The summed E-state index contributed by atoms with van der Waals surface area (Å²) >= 11 is 5.75. The molecule has 0 heterocycles. The second-order valence-corrected chi connectivity index (χ2v) is 6.44. The molecule has 0 bridgehead atoms. The average Bonchev–Trinajstić information content (AvgIpc) is 2.41. The highest BCUT2D eigenvalue weighted by Crippen LogP contribution is 2.13. The zero-order valence-corrected chi connectivity index (χ0v) is 14.0. The first-order valence-corrected chi connectivity index (χ1v) is 7.47. The highest BCUT2D eigenvalue weighted by Gasteiger charge is 2.24. The van der Waals surface area contributed by atoms with E-state index in [4.69, 9.17) is 21.4 Å². The van der Waals surface area contributed by atoms with Crippen LogP contribution in [-0.2, 0) is 9.53 Å². The normalized spacial score (nSPS) is 12.3. The van der Waals surface area contributed by atoms with Gasteiger partial charge in [0.25, 0.3) is 0 Å². The average molecular weight is 342 g/mol. The predicted molar refractivity (Wildman–Crippen MR) is 85.8 cm³/mol. The molecule has 1 aromatic carbocycles. The molecule has 0 unspecified atom stereocenters. The van der Waals surface area contributed by atoms with Crippen molar-refractivity contribution in [2.75, 3.05) is 0 Å². The van der Waals surface area contributed by atoms with Crippen molar-refractivity contribution in [2.45, 2.75) is 45.3 Å². The predicted octanol–water partition coefficient (Wildman–Crippen LogP) is 3.28. The van der Waals surface area contributed by atoms with Crippen LogP contribution < -0.4 is 5.32 Å². The lowest BCUT2D eigenvalue weighted by molar-refractivity contribution is -0.139. The number of Topliss-reactive ketones (excluding diaryl/α,β-unsaturated/α-hetero) is 1. The number of halogens is 1. The van der Waals surface area contributed by atoms with E-state index < -0.39 is 23.7 Å². The SMILES string of the molecule is CC(C)(C)OC(=O)N[C@H](CCC(=O)c1ccc(Cl)cc1)C(=O)O. The van der Waals surface area contributed by atoms with Gasteiger partial charge in [0.1, 0.15) is 11.6 Å². The van der Waals surface area contributed by atoms with E-state index in [9.17, 15) is 14.4 Å². The Kier molecular flexibility index (Phi) is 6.57. The summed E-state index contributed by atoms with van der Waals surface area (Å²) < 4.78 is 5.01. The highest BCUT2D eigenvalue weighted by atomic mass is 35.5. The molecule has 1 aromatic rings. The molecule has 0 saturated carbocycles. The van der Waals surface area contributed by atoms with E-state index in [-0.39, 0.29) is 18.6 Å². The zero-order valence-electron chi connectivity index (χ0n) is 13.3. The number of aliphatic carboxylic acids is 1. The van der Waals surface area contributed by atoms with E-state index in [1.54, 1.807) is 45.0 Å². The number of amides is 1. The topological polar surface area (TPSA) is 92.7 Å². The van der Waals surface area contributed by atoms with Crippen molar-refractivity contribution < 1.29 is 24.2 Å². The van der Waals surface area contributed by atoms with E-state index in [2.05, 4.69) is 5.32 Å². The molecule has 0 aliphatic heterocycles. The second-order valence-electron chi connectivity index (χ2n) is 6.01. The monoisotopic (exact) mass is 341 g/mol. The molecule has 0 fully saturated rings. The summed E-state index contributed by atoms with van der Waals surface area (Å²) in [5.41, 5.74) is -0.289. The van der Waals surface area contributed by atoms with Gasteiger partial charge in [0.2, 0.25) is 0 Å². The van der Waals surface area contributed by atoms with Crippen LogP contribution in [0.2, 0.25) is 5.02 Å². The van der Waals surface area contributed by atoms with Crippen molar-refractivity contribution in [1.29, 1.82) is 0 Å². The Bertz CT molecular complexity index is 577. The summed E-state index contributed by atoms with van der Waals surface area (Å²) in [6.45, 7) is 5.02. The lowest BCUT2D eigenvalue weighted by atomic mass is 10.0. The van der Waals surface area contributed by atoms with E-state index in [1.807, 2.05) is 0 Å². The first kappa shape index (κ1) is 19.0. The van der Waals surface area contributed by atoms with Gasteiger partial charge in [0.15, 0.2) is 5.78 Å². The fourth-order valence-electron chi connectivity index (χ4n) is 1.76. The molecule has 0 spiro atoms. The maximum atomic E-state index is 12.0. The Morgan fingerprint density at radius 1 is 1.22 bits per heavy atom. The van der Waals surface area contributed by atoms with Gasteiger partial charge in [-0.25, -0.2) is 9.59 Å². The maximum absolute atomic E-state index is 12.0. The second kappa shape index (κ2) is 7.97. The molecular formula is C16H20ClNO5. The molecule has 1 atom stereocenters. The minimum absolute atomic E-state index is 0.0194. The van der Waals surface area contributed by atoms with Gasteiger partial charge in [-0.3, -0.25) is 4.79 Å². The summed E-state index contributed by atoms with van der Waals surface area (Å²) in [7, 11) is 0. The van der Waals surface area contributed by atoms with Gasteiger partial charge in [0.05, 0.1) is 0 Å². The van der Waals surface area contributed by atoms with Crippen LogP contribution in [0.3, 0.4) is 0 Å². The van der Waals surface area contributed by atoms with Crippen molar-refractivity contribution in [1.82, 2.24) is 5.32 Å². The number of rotatable bonds is 6. The molecule has 6 nitrogen and oxygen atoms in total. The summed E-state index contributed by atoms with van der Waals surface area (Å²) in [4.78, 5) is 34.8. The van der Waals surface area contributed by atoms with Gasteiger partial charge in [-0.1, -0.05) is 11.6 Å². The molecule has 0 aromatic heterocycles. The van der Waals surface area contributed by atoms with E-state index >= 15 is 0 Å². The number of nitrogens with one attached hydrogen (secondary N) is 1. The Balaban J connectivity index is 2.59. The minimum atomic E-state index is -1.22. The van der Waals surface area contributed by atoms with E-state index in [1.165, 1.54) is 0 Å². The number of ketones is 1. The Morgan fingerprint density at radius 2 is 1.78 bits per heavy atom. The number of benzene rings is 1. The van der Waals surface area contributed by atoms with Crippen LogP contribution in [0.4, 0.5) is 4.79 Å². The largest absolute Gasteiger partial charge is 0.480 e. The number of hydrogen-bond acceptors (Lipinski definition) is 4. The van der Waals surface area contributed by atoms with Crippen LogP contribution in [0.1, 0.15) is 44.0 Å². The van der Waals surface area contributed by atoms with E-state index in [0.717, 1.165) is 0 Å². The number of ether oxygens (including phenoxy) is 1. The molecule has 0 radical (unpaired) electrons. The smallest absolute Gasteiger partial charge is 0.408 e. The number of alkyl carbamates (subject to hydrolysis) is 1. The molecule has 7 heteroatoms. The van der Waals surface area contributed by atoms with Crippen LogP contribution >= 0.6 is 11.6 Å². The van der Waals surface area contributed by atoms with Gasteiger partial charge >= 0.3 is 12.1 Å². The number of carboxylic acids is 1. The minimum Gasteiger partial charge on any atom is -0.480 e. The fraction of sp³-hybridized carbons (Fsp3) is 0.438. The van der Waals surface area contributed by atoms with Gasteiger partial charge in [-0.2, -0.15) is 0 Å². The number of hydrogen-bond donors (Lipinski definition) is 2. The third-order valence-corrected chi connectivity index (χ3v) is 3.07. The fourth-order valence-corrected chi connectivity index (χ4v) is 1.89. The number of carbonyl (C=O) groups excluding carboxylic acids is 2. The molecule has 0 saturated heterocycles. The molecule has 2 N–H and O–H groups in total. The lowest BCUT2D eigenvalue weighted by Crippen LogP contribution is -2.43. The van der Waals surface area contributed by atoms with Crippen LogP contribution in [0.5, 0.6) is 0 Å². The quantitative estimate of drug-likeness (QED) is 0.774.